The van der Waals surface area contributed by atoms with Crippen molar-refractivity contribution >= 4 is 0 Å². The maximum atomic E-state index is 6.60. The molecule has 1 fully saturated rings. The van der Waals surface area contributed by atoms with Crippen LogP contribution < -0.4 is 5.73 Å². The normalized spacial score (nSPS) is 20.9. The van der Waals surface area contributed by atoms with Crippen molar-refractivity contribution in [2.75, 3.05) is 0 Å². The maximum absolute atomic E-state index is 6.60. The molecule has 1 aromatic rings. The summed E-state index contributed by atoms with van der Waals surface area (Å²) in [5, 5.41) is 0. The van der Waals surface area contributed by atoms with Crippen LogP contribution in [0.5, 0.6) is 0 Å². The molecule has 0 aliphatic heterocycles. The molecular weight excluding hydrogens is 218 g/mol. The molecule has 2 atom stereocenters. The molecule has 0 amide bonds. The number of hydrogen-bond donors (Lipinski definition) is 1. The molecule has 1 saturated carbocycles. The first kappa shape index (κ1) is 13.6. The summed E-state index contributed by atoms with van der Waals surface area (Å²) in [4.78, 5) is 0. The summed E-state index contributed by atoms with van der Waals surface area (Å²) >= 11 is 0. The zero-order valence-electron chi connectivity index (χ0n) is 11.7. The molecule has 2 unspecified atom stereocenters. The van der Waals surface area contributed by atoms with Crippen molar-refractivity contribution in [1.29, 1.82) is 0 Å². The molecule has 1 nitrogen and oxygen atoms in total. The SMILES string of the molecule is CC(C)CC(N)C1(c2ccccc2)C[CH]CCC1. The van der Waals surface area contributed by atoms with Crippen molar-refractivity contribution in [3.05, 3.63) is 42.3 Å². The molecule has 1 heteroatoms. The predicted molar refractivity (Wildman–Crippen MR) is 78.3 cm³/mol. The van der Waals surface area contributed by atoms with E-state index in [-0.39, 0.29) is 11.5 Å². The number of rotatable bonds is 4. The van der Waals surface area contributed by atoms with Crippen LogP contribution in [0.4, 0.5) is 0 Å². The zero-order valence-corrected chi connectivity index (χ0v) is 11.7. The van der Waals surface area contributed by atoms with Crippen LogP contribution in [0.3, 0.4) is 0 Å². The Morgan fingerprint density at radius 1 is 1.22 bits per heavy atom. The lowest BCUT2D eigenvalue weighted by atomic mass is 9.63. The summed E-state index contributed by atoms with van der Waals surface area (Å²) < 4.78 is 0. The van der Waals surface area contributed by atoms with Gasteiger partial charge < -0.3 is 5.73 Å². The Morgan fingerprint density at radius 3 is 2.50 bits per heavy atom. The summed E-state index contributed by atoms with van der Waals surface area (Å²) in [6.07, 6.45) is 8.47. The zero-order chi connectivity index (χ0) is 13.0. The van der Waals surface area contributed by atoms with Crippen LogP contribution in [0.25, 0.3) is 0 Å². The van der Waals surface area contributed by atoms with Gasteiger partial charge in [-0.05, 0) is 37.2 Å². The van der Waals surface area contributed by atoms with Crippen LogP contribution in [-0.4, -0.2) is 6.04 Å². The minimum atomic E-state index is 0.184. The van der Waals surface area contributed by atoms with Gasteiger partial charge in [-0.2, -0.15) is 0 Å². The van der Waals surface area contributed by atoms with Crippen LogP contribution >= 0.6 is 0 Å². The van der Waals surface area contributed by atoms with Crippen molar-refractivity contribution in [2.24, 2.45) is 11.7 Å². The van der Waals surface area contributed by atoms with Gasteiger partial charge >= 0.3 is 0 Å². The highest BCUT2D eigenvalue weighted by Gasteiger charge is 2.39. The van der Waals surface area contributed by atoms with Crippen LogP contribution in [0, 0.1) is 12.3 Å². The van der Waals surface area contributed by atoms with Crippen LogP contribution in [-0.2, 0) is 5.41 Å². The second-order valence-electron chi connectivity index (χ2n) is 6.14. The van der Waals surface area contributed by atoms with Crippen LogP contribution in [0.15, 0.2) is 30.3 Å². The van der Waals surface area contributed by atoms with Crippen molar-refractivity contribution in [1.82, 2.24) is 0 Å². The smallest absolute Gasteiger partial charge is 0.0139 e. The minimum Gasteiger partial charge on any atom is -0.327 e. The van der Waals surface area contributed by atoms with E-state index in [1.807, 2.05) is 0 Å². The lowest BCUT2D eigenvalue weighted by Gasteiger charge is -2.43. The molecule has 99 valence electrons. The summed E-state index contributed by atoms with van der Waals surface area (Å²) in [6, 6.07) is 11.2. The molecule has 2 N–H and O–H groups in total. The molecule has 0 spiro atoms. The average molecular weight is 244 g/mol. The molecule has 1 aromatic carbocycles. The van der Waals surface area contributed by atoms with Gasteiger partial charge in [-0.3, -0.25) is 0 Å². The molecule has 18 heavy (non-hydrogen) atoms. The number of benzene rings is 1. The molecule has 1 aliphatic carbocycles. The summed E-state index contributed by atoms with van der Waals surface area (Å²) in [7, 11) is 0. The fourth-order valence-electron chi connectivity index (χ4n) is 3.34. The van der Waals surface area contributed by atoms with E-state index in [0.717, 1.165) is 12.8 Å². The van der Waals surface area contributed by atoms with E-state index in [4.69, 9.17) is 5.73 Å². The molecule has 2 rings (SSSR count). The van der Waals surface area contributed by atoms with E-state index in [2.05, 4.69) is 50.6 Å². The third-order valence-electron chi connectivity index (χ3n) is 4.32. The van der Waals surface area contributed by atoms with Gasteiger partial charge in [0.15, 0.2) is 0 Å². The highest BCUT2D eigenvalue weighted by atomic mass is 14.7. The Kier molecular flexibility index (Phi) is 4.45. The third kappa shape index (κ3) is 2.77. The lowest BCUT2D eigenvalue weighted by molar-refractivity contribution is 0.250. The highest BCUT2D eigenvalue weighted by molar-refractivity contribution is 5.29. The third-order valence-corrected chi connectivity index (χ3v) is 4.32. The predicted octanol–water partition coefficient (Wildman–Crippen LogP) is 4.08. The van der Waals surface area contributed by atoms with Gasteiger partial charge in [-0.1, -0.05) is 57.0 Å². The first-order chi connectivity index (χ1) is 8.65. The number of nitrogens with two attached hydrogens (primary N) is 1. The molecule has 1 aliphatic rings. The Morgan fingerprint density at radius 2 is 1.94 bits per heavy atom. The van der Waals surface area contributed by atoms with Gasteiger partial charge in [0.1, 0.15) is 0 Å². The van der Waals surface area contributed by atoms with Gasteiger partial charge in [0.2, 0.25) is 0 Å². The van der Waals surface area contributed by atoms with Gasteiger partial charge in [0.05, 0.1) is 0 Å². The quantitative estimate of drug-likeness (QED) is 0.848. The number of hydrogen-bond acceptors (Lipinski definition) is 1. The van der Waals surface area contributed by atoms with Crippen molar-refractivity contribution in [3.63, 3.8) is 0 Å². The van der Waals surface area contributed by atoms with E-state index < -0.39 is 0 Å². The monoisotopic (exact) mass is 244 g/mol. The van der Waals surface area contributed by atoms with E-state index in [0.29, 0.717) is 5.92 Å². The van der Waals surface area contributed by atoms with Gasteiger partial charge in [-0.15, -0.1) is 0 Å². The van der Waals surface area contributed by atoms with Gasteiger partial charge in [0, 0.05) is 11.5 Å². The van der Waals surface area contributed by atoms with Crippen molar-refractivity contribution in [2.45, 2.75) is 57.4 Å². The second-order valence-corrected chi connectivity index (χ2v) is 6.14. The first-order valence-corrected chi connectivity index (χ1v) is 7.28. The van der Waals surface area contributed by atoms with Crippen LogP contribution in [0.2, 0.25) is 0 Å². The Labute approximate surface area is 112 Å². The van der Waals surface area contributed by atoms with Gasteiger partial charge in [0.25, 0.3) is 0 Å². The standard InChI is InChI=1S/C17H26N/c1-14(2)13-16(18)17(11-7-4-8-12-17)15-9-5-3-6-10-15/h3,5-7,9-10,14,16H,4,8,11-13,18H2,1-2H3. The van der Waals surface area contributed by atoms with Crippen LogP contribution in [0.1, 0.15) is 51.5 Å². The summed E-state index contributed by atoms with van der Waals surface area (Å²) in [5.74, 6) is 0.669. The van der Waals surface area contributed by atoms with E-state index >= 15 is 0 Å². The van der Waals surface area contributed by atoms with E-state index in [1.165, 1.54) is 24.8 Å². The fourth-order valence-corrected chi connectivity index (χ4v) is 3.34. The van der Waals surface area contributed by atoms with Gasteiger partial charge in [-0.25, -0.2) is 0 Å². The second kappa shape index (κ2) is 5.88. The average Bonchev–Trinajstić information content (AvgIpc) is 2.40. The van der Waals surface area contributed by atoms with Crippen molar-refractivity contribution < 1.29 is 0 Å². The largest absolute Gasteiger partial charge is 0.327 e. The molecule has 0 heterocycles. The molecule has 0 saturated heterocycles. The highest BCUT2D eigenvalue weighted by Crippen LogP contribution is 2.42. The molecular formula is C17H26N. The van der Waals surface area contributed by atoms with Crippen molar-refractivity contribution in [3.8, 4) is 0 Å². The summed E-state index contributed by atoms with van der Waals surface area (Å²) in [6.45, 7) is 4.54. The topological polar surface area (TPSA) is 26.0 Å². The maximum Gasteiger partial charge on any atom is 0.0139 e. The van der Waals surface area contributed by atoms with E-state index in [1.54, 1.807) is 0 Å². The Hall–Kier alpha value is -0.820. The molecule has 0 aromatic heterocycles. The molecule has 0 bridgehead atoms. The molecule has 1 radical (unpaired) electrons. The summed E-state index contributed by atoms with van der Waals surface area (Å²) in [5.41, 5.74) is 8.22. The Balaban J connectivity index is 2.28. The first-order valence-electron chi connectivity index (χ1n) is 7.28. The Bertz CT molecular complexity index is 349. The lowest BCUT2D eigenvalue weighted by Crippen LogP contribution is -2.47. The minimum absolute atomic E-state index is 0.184. The van der Waals surface area contributed by atoms with E-state index in [9.17, 15) is 0 Å². The fraction of sp³-hybridized carbons (Fsp3) is 0.588.